The van der Waals surface area contributed by atoms with Crippen molar-refractivity contribution in [2.75, 3.05) is 13.2 Å². The number of nitrogens with two attached hydrogens (primary N) is 1. The lowest BCUT2D eigenvalue weighted by atomic mass is 9.83. The van der Waals surface area contributed by atoms with Crippen molar-refractivity contribution in [1.82, 2.24) is 0 Å². The van der Waals surface area contributed by atoms with Gasteiger partial charge in [0, 0.05) is 0 Å². The zero-order valence-corrected chi connectivity index (χ0v) is 17.3. The lowest BCUT2D eigenvalue weighted by Gasteiger charge is -2.23. The summed E-state index contributed by atoms with van der Waals surface area (Å²) in [5.74, 6) is 1.16. The van der Waals surface area contributed by atoms with Crippen LogP contribution in [0, 0.1) is 0 Å². The van der Waals surface area contributed by atoms with Crippen molar-refractivity contribution >= 4 is 5.78 Å². The highest BCUT2D eigenvalue weighted by Crippen LogP contribution is 2.34. The molecule has 4 nitrogen and oxygen atoms in total. The maximum absolute atomic E-state index is 12.1. The topological polar surface area (TPSA) is 63.1 Å². The van der Waals surface area contributed by atoms with Gasteiger partial charge in [0.1, 0.15) is 25.0 Å². The highest BCUT2D eigenvalue weighted by Gasteiger charge is 2.20. The standard InChI is InChI=1S/C21H33NO3.ClH/c1-15(23)19-12-17(16-8-6-5-7-9-16)10-11-20(19)25-14-18(24)13-22-21(2,3)4;/h10-12,16,18,22,24H,5-9,13-14H2,1-4H3;1H. The molecule has 148 valence electrons. The third-order valence-corrected chi connectivity index (χ3v) is 4.89. The first-order valence-corrected chi connectivity index (χ1v) is 9.56. The molecule has 2 rings (SSSR count). The lowest BCUT2D eigenvalue weighted by Crippen LogP contribution is -3.00. The zero-order valence-electron chi connectivity index (χ0n) is 16.6. The minimum absolute atomic E-state index is 0. The maximum atomic E-state index is 12.1. The van der Waals surface area contributed by atoms with E-state index < -0.39 is 6.10 Å². The third kappa shape index (κ3) is 7.26. The van der Waals surface area contributed by atoms with Crippen molar-refractivity contribution < 1.29 is 32.4 Å². The van der Waals surface area contributed by atoms with Crippen molar-refractivity contribution in [2.45, 2.75) is 77.4 Å². The molecule has 1 atom stereocenters. The molecule has 1 aliphatic rings. The van der Waals surface area contributed by atoms with Crippen LogP contribution in [0.1, 0.15) is 81.6 Å². The van der Waals surface area contributed by atoms with E-state index in [0.29, 0.717) is 23.8 Å². The number of hydrogen-bond acceptors (Lipinski definition) is 3. The average Bonchev–Trinajstić information content (AvgIpc) is 2.58. The minimum atomic E-state index is -0.558. The minimum Gasteiger partial charge on any atom is -1.00 e. The number of ketones is 1. The first-order valence-electron chi connectivity index (χ1n) is 9.56. The van der Waals surface area contributed by atoms with E-state index in [1.807, 2.05) is 12.1 Å². The molecule has 0 amide bonds. The smallest absolute Gasteiger partial charge is 0.163 e. The number of carbonyl (C=O) groups excluding carboxylic acids is 1. The van der Waals surface area contributed by atoms with Crippen molar-refractivity contribution in [2.24, 2.45) is 0 Å². The van der Waals surface area contributed by atoms with Crippen LogP contribution in [0.2, 0.25) is 0 Å². The number of aliphatic hydroxyl groups excluding tert-OH is 1. The van der Waals surface area contributed by atoms with Crippen molar-refractivity contribution in [3.05, 3.63) is 29.3 Å². The lowest BCUT2D eigenvalue weighted by molar-refractivity contribution is -0.722. The van der Waals surface area contributed by atoms with Gasteiger partial charge in [0.15, 0.2) is 5.78 Å². The summed E-state index contributed by atoms with van der Waals surface area (Å²) < 4.78 is 5.78. The SMILES string of the molecule is CC(=O)c1cc(C2CCCCC2)ccc1OCC(O)C[NH2+]C(C)(C)C.[Cl-]. The van der Waals surface area contributed by atoms with Crippen molar-refractivity contribution in [3.8, 4) is 5.75 Å². The van der Waals surface area contributed by atoms with E-state index >= 15 is 0 Å². The van der Waals surface area contributed by atoms with Crippen LogP contribution in [-0.2, 0) is 0 Å². The van der Waals surface area contributed by atoms with Crippen molar-refractivity contribution in [3.63, 3.8) is 0 Å². The second-order valence-corrected chi connectivity index (χ2v) is 8.42. The summed E-state index contributed by atoms with van der Waals surface area (Å²) in [7, 11) is 0. The summed E-state index contributed by atoms with van der Waals surface area (Å²) in [6.07, 6.45) is 5.72. The number of benzene rings is 1. The van der Waals surface area contributed by atoms with Gasteiger partial charge in [-0.25, -0.2) is 0 Å². The molecular weight excluding hydrogens is 350 g/mol. The Bertz CT molecular complexity index is 577. The molecule has 0 aromatic heterocycles. The Balaban J connectivity index is 0.00000338. The van der Waals surface area contributed by atoms with Gasteiger partial charge in [0.25, 0.3) is 0 Å². The molecule has 0 radical (unpaired) electrons. The first kappa shape index (κ1) is 22.9. The molecule has 0 heterocycles. The molecule has 1 saturated carbocycles. The van der Waals surface area contributed by atoms with E-state index in [2.05, 4.69) is 32.2 Å². The quantitative estimate of drug-likeness (QED) is 0.654. The van der Waals surface area contributed by atoms with Crippen molar-refractivity contribution in [1.29, 1.82) is 0 Å². The number of rotatable bonds is 7. The van der Waals surface area contributed by atoms with Gasteiger partial charge < -0.3 is 27.6 Å². The number of ether oxygens (including phenoxy) is 1. The Morgan fingerprint density at radius 1 is 1.27 bits per heavy atom. The van der Waals surface area contributed by atoms with E-state index in [1.54, 1.807) is 6.92 Å². The predicted octanol–water partition coefficient (Wildman–Crippen LogP) is 0.0425. The van der Waals surface area contributed by atoms with Crippen LogP contribution >= 0.6 is 0 Å². The van der Waals surface area contributed by atoms with Crippen LogP contribution < -0.4 is 22.5 Å². The fourth-order valence-electron chi connectivity index (χ4n) is 3.38. The van der Waals surface area contributed by atoms with E-state index in [9.17, 15) is 9.90 Å². The van der Waals surface area contributed by atoms with Gasteiger partial charge in [0.2, 0.25) is 0 Å². The normalized spacial score (nSPS) is 16.7. The molecule has 26 heavy (non-hydrogen) atoms. The van der Waals surface area contributed by atoms with E-state index in [-0.39, 0.29) is 30.3 Å². The number of halogens is 1. The summed E-state index contributed by atoms with van der Waals surface area (Å²) in [4.78, 5) is 12.1. The van der Waals surface area contributed by atoms with Gasteiger partial charge in [-0.05, 0) is 64.2 Å². The molecule has 0 aliphatic heterocycles. The van der Waals surface area contributed by atoms with Gasteiger partial charge in [-0.1, -0.05) is 25.3 Å². The Kier molecular flexibility index (Phi) is 9.08. The van der Waals surface area contributed by atoms with Gasteiger partial charge in [-0.15, -0.1) is 0 Å². The van der Waals surface area contributed by atoms with Crippen LogP contribution in [0.3, 0.4) is 0 Å². The largest absolute Gasteiger partial charge is 1.00 e. The molecule has 1 fully saturated rings. The Hall–Kier alpha value is -1.10. The van der Waals surface area contributed by atoms with E-state index in [4.69, 9.17) is 4.74 Å². The maximum Gasteiger partial charge on any atom is 0.163 e. The molecular formula is C21H34ClNO3. The Morgan fingerprint density at radius 3 is 2.50 bits per heavy atom. The monoisotopic (exact) mass is 383 g/mol. The van der Waals surface area contributed by atoms with E-state index in [1.165, 1.54) is 37.7 Å². The molecule has 5 heteroatoms. The molecule has 0 saturated heterocycles. The number of quaternary nitrogens is 1. The number of Topliss-reactive ketones (excluding diaryl/α,β-unsaturated/α-hetero) is 1. The van der Waals surface area contributed by atoms with Gasteiger partial charge in [-0.3, -0.25) is 4.79 Å². The molecule has 1 aromatic rings. The number of carbonyl (C=O) groups is 1. The van der Waals surface area contributed by atoms with Gasteiger partial charge in [0.05, 0.1) is 11.1 Å². The predicted molar refractivity (Wildman–Crippen MR) is 100 cm³/mol. The number of hydrogen-bond donors (Lipinski definition) is 2. The van der Waals surface area contributed by atoms with Crippen LogP contribution in [0.25, 0.3) is 0 Å². The second-order valence-electron chi connectivity index (χ2n) is 8.42. The van der Waals surface area contributed by atoms with Crippen LogP contribution in [-0.4, -0.2) is 35.7 Å². The summed E-state index contributed by atoms with van der Waals surface area (Å²) in [5.41, 5.74) is 1.96. The third-order valence-electron chi connectivity index (χ3n) is 4.89. The molecule has 1 aliphatic carbocycles. The van der Waals surface area contributed by atoms with Crippen LogP contribution in [0.15, 0.2) is 18.2 Å². The Labute approximate surface area is 164 Å². The fourth-order valence-corrected chi connectivity index (χ4v) is 3.38. The van der Waals surface area contributed by atoms with E-state index in [0.717, 1.165) is 0 Å². The zero-order chi connectivity index (χ0) is 18.4. The van der Waals surface area contributed by atoms with Gasteiger partial charge in [-0.2, -0.15) is 0 Å². The van der Waals surface area contributed by atoms with Crippen LogP contribution in [0.5, 0.6) is 5.75 Å². The highest BCUT2D eigenvalue weighted by atomic mass is 35.5. The summed E-state index contributed by atoms with van der Waals surface area (Å²) in [6, 6.07) is 5.99. The number of aliphatic hydroxyl groups is 1. The Morgan fingerprint density at radius 2 is 1.92 bits per heavy atom. The van der Waals surface area contributed by atoms with Gasteiger partial charge >= 0.3 is 0 Å². The summed E-state index contributed by atoms with van der Waals surface area (Å²) in [5, 5.41) is 12.2. The summed E-state index contributed by atoms with van der Waals surface area (Å²) >= 11 is 0. The average molecular weight is 384 g/mol. The molecule has 3 N–H and O–H groups in total. The fraction of sp³-hybridized carbons (Fsp3) is 0.667. The molecule has 0 spiro atoms. The van der Waals surface area contributed by atoms with Crippen LogP contribution in [0.4, 0.5) is 0 Å². The second kappa shape index (κ2) is 10.3. The molecule has 1 unspecified atom stereocenters. The molecule has 1 aromatic carbocycles. The highest BCUT2D eigenvalue weighted by molar-refractivity contribution is 5.97. The summed E-state index contributed by atoms with van der Waals surface area (Å²) in [6.45, 7) is 8.70. The first-order chi connectivity index (χ1) is 11.8. The molecule has 0 bridgehead atoms.